The first-order valence-corrected chi connectivity index (χ1v) is 8.28. The highest BCUT2D eigenvalue weighted by Crippen LogP contribution is 2.56. The van der Waals surface area contributed by atoms with Crippen LogP contribution in [0.1, 0.15) is 31.2 Å². The Morgan fingerprint density at radius 2 is 1.75 bits per heavy atom. The standard InChI is InChI=1S/C19H23NO4/c1-22-16-5-4-15(8-17(16)23-2)19(11-20)9-13-6-12(18(21)24-3)7-14(13)10-19/h4-5,8,12-14H,6-7,9-10H2,1-3H3/t12?,13-,14+,19?. The normalized spacial score (nSPS) is 31.2. The van der Waals surface area contributed by atoms with E-state index in [1.807, 2.05) is 18.2 Å². The Kier molecular flexibility index (Phi) is 4.40. The Hall–Kier alpha value is -2.22. The summed E-state index contributed by atoms with van der Waals surface area (Å²) in [7, 11) is 4.65. The van der Waals surface area contributed by atoms with Crippen molar-refractivity contribution in [1.29, 1.82) is 5.26 Å². The van der Waals surface area contributed by atoms with Crippen molar-refractivity contribution in [3.8, 4) is 17.6 Å². The average molecular weight is 329 g/mol. The first-order valence-electron chi connectivity index (χ1n) is 8.28. The second-order valence-corrected chi connectivity index (χ2v) is 6.88. The van der Waals surface area contributed by atoms with Gasteiger partial charge >= 0.3 is 5.97 Å². The van der Waals surface area contributed by atoms with Crippen LogP contribution in [-0.4, -0.2) is 27.3 Å². The molecule has 2 unspecified atom stereocenters. The predicted molar refractivity (Wildman–Crippen MR) is 87.8 cm³/mol. The van der Waals surface area contributed by atoms with Gasteiger partial charge in [-0.1, -0.05) is 6.07 Å². The molecular formula is C19H23NO4. The number of benzene rings is 1. The molecule has 0 bridgehead atoms. The largest absolute Gasteiger partial charge is 0.493 e. The fraction of sp³-hybridized carbons (Fsp3) is 0.579. The van der Waals surface area contributed by atoms with E-state index in [0.29, 0.717) is 23.3 Å². The SMILES string of the molecule is COC(=O)C1C[C@@H]2CC(C#N)(c3ccc(OC)c(OC)c3)C[C@@H]2C1. The molecule has 0 radical (unpaired) electrons. The minimum absolute atomic E-state index is 0.00732. The van der Waals surface area contributed by atoms with E-state index in [-0.39, 0.29) is 11.9 Å². The van der Waals surface area contributed by atoms with Gasteiger partial charge in [0.15, 0.2) is 11.5 Å². The van der Waals surface area contributed by atoms with Gasteiger partial charge in [0.05, 0.1) is 38.7 Å². The number of esters is 1. The van der Waals surface area contributed by atoms with Crippen molar-refractivity contribution in [1.82, 2.24) is 0 Å². The molecule has 0 aliphatic heterocycles. The molecule has 1 aromatic rings. The van der Waals surface area contributed by atoms with Crippen LogP contribution in [0.3, 0.4) is 0 Å². The summed E-state index contributed by atoms with van der Waals surface area (Å²) in [5.41, 5.74) is 0.474. The molecule has 5 nitrogen and oxygen atoms in total. The lowest BCUT2D eigenvalue weighted by Crippen LogP contribution is -2.23. The number of hydrogen-bond acceptors (Lipinski definition) is 5. The fourth-order valence-corrected chi connectivity index (χ4v) is 4.58. The molecule has 128 valence electrons. The van der Waals surface area contributed by atoms with Crippen molar-refractivity contribution in [2.75, 3.05) is 21.3 Å². The van der Waals surface area contributed by atoms with Gasteiger partial charge in [-0.25, -0.2) is 0 Å². The van der Waals surface area contributed by atoms with Crippen LogP contribution in [0.4, 0.5) is 0 Å². The van der Waals surface area contributed by atoms with E-state index in [1.165, 1.54) is 7.11 Å². The Balaban J connectivity index is 1.84. The summed E-state index contributed by atoms with van der Waals surface area (Å²) in [6.45, 7) is 0. The van der Waals surface area contributed by atoms with Gasteiger partial charge in [0.25, 0.3) is 0 Å². The lowest BCUT2D eigenvalue weighted by atomic mass is 9.77. The quantitative estimate of drug-likeness (QED) is 0.794. The minimum atomic E-state index is -0.504. The van der Waals surface area contributed by atoms with Gasteiger partial charge in [-0.05, 0) is 55.2 Å². The average Bonchev–Trinajstić information content (AvgIpc) is 3.17. The maximum Gasteiger partial charge on any atom is 0.308 e. The molecule has 2 saturated carbocycles. The van der Waals surface area contributed by atoms with Crippen molar-refractivity contribution >= 4 is 5.97 Å². The van der Waals surface area contributed by atoms with Crippen LogP contribution in [0.25, 0.3) is 0 Å². The van der Waals surface area contributed by atoms with Crippen LogP contribution in [0, 0.1) is 29.1 Å². The van der Waals surface area contributed by atoms with Gasteiger partial charge in [-0.2, -0.15) is 5.26 Å². The third-order valence-corrected chi connectivity index (χ3v) is 5.75. The Bertz CT molecular complexity index is 664. The van der Waals surface area contributed by atoms with Gasteiger partial charge in [0.2, 0.25) is 0 Å². The van der Waals surface area contributed by atoms with Crippen molar-refractivity contribution in [2.45, 2.75) is 31.1 Å². The highest BCUT2D eigenvalue weighted by Gasteiger charge is 2.52. The Labute approximate surface area is 142 Å². The van der Waals surface area contributed by atoms with Crippen LogP contribution < -0.4 is 9.47 Å². The molecule has 1 aromatic carbocycles. The van der Waals surface area contributed by atoms with Gasteiger partial charge in [-0.15, -0.1) is 0 Å². The fourth-order valence-electron chi connectivity index (χ4n) is 4.58. The molecule has 0 spiro atoms. The highest BCUT2D eigenvalue weighted by atomic mass is 16.5. The third kappa shape index (κ3) is 2.60. The Morgan fingerprint density at radius 1 is 1.12 bits per heavy atom. The Morgan fingerprint density at radius 3 is 2.25 bits per heavy atom. The van der Waals surface area contributed by atoms with Gasteiger partial charge < -0.3 is 14.2 Å². The lowest BCUT2D eigenvalue weighted by Gasteiger charge is -2.24. The molecule has 0 amide bonds. The molecule has 24 heavy (non-hydrogen) atoms. The summed E-state index contributed by atoms with van der Waals surface area (Å²) >= 11 is 0. The molecule has 2 aliphatic carbocycles. The first-order chi connectivity index (χ1) is 11.6. The number of carbonyl (C=O) groups excluding carboxylic acids is 1. The minimum Gasteiger partial charge on any atom is -0.493 e. The summed E-state index contributed by atoms with van der Waals surface area (Å²) in [5, 5.41) is 9.92. The number of nitrogens with zero attached hydrogens (tertiary/aromatic N) is 1. The molecule has 4 atom stereocenters. The number of rotatable bonds is 4. The monoisotopic (exact) mass is 329 g/mol. The van der Waals surface area contributed by atoms with Crippen molar-refractivity contribution in [3.63, 3.8) is 0 Å². The topological polar surface area (TPSA) is 68.6 Å². The number of ether oxygens (including phenoxy) is 3. The van der Waals surface area contributed by atoms with Gasteiger partial charge in [0.1, 0.15) is 0 Å². The number of methoxy groups -OCH3 is 3. The van der Waals surface area contributed by atoms with E-state index in [4.69, 9.17) is 14.2 Å². The smallest absolute Gasteiger partial charge is 0.308 e. The van der Waals surface area contributed by atoms with E-state index in [0.717, 1.165) is 31.2 Å². The zero-order valence-electron chi connectivity index (χ0n) is 14.4. The van der Waals surface area contributed by atoms with E-state index in [2.05, 4.69) is 6.07 Å². The van der Waals surface area contributed by atoms with Crippen molar-refractivity contribution in [3.05, 3.63) is 23.8 Å². The maximum absolute atomic E-state index is 11.8. The highest BCUT2D eigenvalue weighted by molar-refractivity contribution is 5.72. The first kappa shape index (κ1) is 16.6. The summed E-state index contributed by atoms with van der Waals surface area (Å²) in [6.07, 6.45) is 3.23. The van der Waals surface area contributed by atoms with Crippen molar-refractivity contribution < 1.29 is 19.0 Å². The summed E-state index contributed by atoms with van der Waals surface area (Å²) < 4.78 is 15.6. The van der Waals surface area contributed by atoms with Crippen molar-refractivity contribution in [2.24, 2.45) is 17.8 Å². The van der Waals surface area contributed by atoms with Crippen LogP contribution in [0.2, 0.25) is 0 Å². The van der Waals surface area contributed by atoms with Crippen LogP contribution in [0.15, 0.2) is 18.2 Å². The van der Waals surface area contributed by atoms with E-state index in [9.17, 15) is 10.1 Å². The predicted octanol–water partition coefficient (Wildman–Crippen LogP) is 3.07. The molecular weight excluding hydrogens is 306 g/mol. The van der Waals surface area contributed by atoms with Gasteiger partial charge in [-0.3, -0.25) is 4.79 Å². The molecule has 0 aromatic heterocycles. The zero-order chi connectivity index (χ0) is 17.3. The second-order valence-electron chi connectivity index (χ2n) is 6.88. The number of fused-ring (bicyclic) bond motifs is 1. The van der Waals surface area contributed by atoms with Crippen LogP contribution >= 0.6 is 0 Å². The molecule has 2 fully saturated rings. The van der Waals surface area contributed by atoms with Gasteiger partial charge in [0, 0.05) is 0 Å². The number of hydrogen-bond donors (Lipinski definition) is 0. The van der Waals surface area contributed by atoms with E-state index < -0.39 is 5.41 Å². The van der Waals surface area contributed by atoms with E-state index >= 15 is 0 Å². The molecule has 0 saturated heterocycles. The molecule has 0 N–H and O–H groups in total. The van der Waals surface area contributed by atoms with Crippen LogP contribution in [0.5, 0.6) is 11.5 Å². The number of carbonyl (C=O) groups is 1. The maximum atomic E-state index is 11.8. The molecule has 5 heteroatoms. The lowest BCUT2D eigenvalue weighted by molar-refractivity contribution is -0.145. The summed E-state index contributed by atoms with van der Waals surface area (Å²) in [5.74, 6) is 2.00. The molecule has 3 rings (SSSR count). The zero-order valence-corrected chi connectivity index (χ0v) is 14.4. The summed E-state index contributed by atoms with van der Waals surface area (Å²) in [6, 6.07) is 8.30. The third-order valence-electron chi connectivity index (χ3n) is 5.75. The van der Waals surface area contributed by atoms with E-state index in [1.54, 1.807) is 14.2 Å². The number of nitriles is 1. The summed E-state index contributed by atoms with van der Waals surface area (Å²) in [4.78, 5) is 11.8. The molecule has 0 heterocycles. The molecule has 2 aliphatic rings. The second kappa shape index (κ2) is 6.35. The van der Waals surface area contributed by atoms with Crippen LogP contribution in [-0.2, 0) is 14.9 Å².